The smallest absolute Gasteiger partial charge is 0.280 e. The molecule has 1 fully saturated rings. The van der Waals surface area contributed by atoms with Crippen LogP contribution in [0.1, 0.15) is 28.8 Å². The molecule has 0 aliphatic carbocycles. The second kappa shape index (κ2) is 12.1. The number of hydrogen-bond donors (Lipinski definition) is 0. The van der Waals surface area contributed by atoms with E-state index in [1.54, 1.807) is 0 Å². The summed E-state index contributed by atoms with van der Waals surface area (Å²) in [6.07, 6.45) is 2.99. The lowest BCUT2D eigenvalue weighted by molar-refractivity contribution is -0.384. The molecular weight excluding hydrogens is 634 g/mol. The highest BCUT2D eigenvalue weighted by Crippen LogP contribution is 2.32. The molecular formula is C27H24BrN5O6S2. The van der Waals surface area contributed by atoms with Crippen LogP contribution in [-0.4, -0.2) is 61.1 Å². The number of carbonyl (C=O) groups excluding carboxylic acids is 1. The van der Waals surface area contributed by atoms with E-state index >= 15 is 0 Å². The molecule has 1 amide bonds. The van der Waals surface area contributed by atoms with Crippen molar-refractivity contribution in [1.82, 2.24) is 9.29 Å². The lowest BCUT2D eigenvalue weighted by Gasteiger charge is -2.20. The van der Waals surface area contributed by atoms with Gasteiger partial charge in [-0.2, -0.15) is 14.4 Å². The largest absolute Gasteiger partial charge is 0.377 e. The number of sulfonamides is 1. The topological polar surface area (TPSA) is 135 Å². The summed E-state index contributed by atoms with van der Waals surface area (Å²) in [5.41, 5.74) is 1.34. The molecule has 5 rings (SSSR count). The highest BCUT2D eigenvalue weighted by molar-refractivity contribution is 9.10. The fourth-order valence-electron chi connectivity index (χ4n) is 4.22. The third-order valence-electron chi connectivity index (χ3n) is 6.43. The number of hydrazone groups is 1. The van der Waals surface area contributed by atoms with Crippen molar-refractivity contribution in [1.29, 1.82) is 0 Å². The highest BCUT2D eigenvalue weighted by atomic mass is 79.9. The number of fused-ring (bicyclic) bond motifs is 1. The Balaban J connectivity index is 1.43. The minimum atomic E-state index is -3.78. The SMILES string of the molecule is CN(CC1CCCO1)S(=O)(=O)c1ccc(C(=O)N(/N=C/c2ccc([N+](=O)[O-])cc2)c2nc3ccc(Br)cc3s2)cc1. The van der Waals surface area contributed by atoms with E-state index in [1.807, 2.05) is 18.2 Å². The molecule has 11 nitrogen and oxygen atoms in total. The van der Waals surface area contributed by atoms with Crippen molar-refractivity contribution in [3.05, 3.63) is 92.4 Å². The number of rotatable bonds is 9. The number of nitro groups is 1. The van der Waals surface area contributed by atoms with Crippen molar-refractivity contribution in [3.8, 4) is 0 Å². The monoisotopic (exact) mass is 657 g/mol. The van der Waals surface area contributed by atoms with E-state index in [0.717, 1.165) is 27.0 Å². The molecule has 0 bridgehead atoms. The normalized spacial score (nSPS) is 15.6. The van der Waals surface area contributed by atoms with Crippen molar-refractivity contribution in [2.45, 2.75) is 23.8 Å². The van der Waals surface area contributed by atoms with Crippen LogP contribution in [0.25, 0.3) is 10.2 Å². The third kappa shape index (κ3) is 6.52. The molecule has 1 unspecified atom stereocenters. The summed E-state index contributed by atoms with van der Waals surface area (Å²) < 4.78 is 34.7. The van der Waals surface area contributed by atoms with Crippen LogP contribution in [-0.2, 0) is 14.8 Å². The summed E-state index contributed by atoms with van der Waals surface area (Å²) in [7, 11) is -2.27. The molecule has 41 heavy (non-hydrogen) atoms. The average molecular weight is 659 g/mol. The second-order valence-electron chi connectivity index (χ2n) is 9.26. The van der Waals surface area contributed by atoms with Crippen molar-refractivity contribution in [2.24, 2.45) is 5.10 Å². The van der Waals surface area contributed by atoms with Gasteiger partial charge in [-0.25, -0.2) is 13.4 Å². The van der Waals surface area contributed by atoms with Crippen LogP contribution in [0.2, 0.25) is 0 Å². The van der Waals surface area contributed by atoms with Gasteiger partial charge < -0.3 is 4.74 Å². The number of hydrogen-bond acceptors (Lipinski definition) is 9. The zero-order valence-electron chi connectivity index (χ0n) is 21.7. The number of aromatic nitrogens is 1. The van der Waals surface area contributed by atoms with Gasteiger partial charge in [0.1, 0.15) is 0 Å². The summed E-state index contributed by atoms with van der Waals surface area (Å²) in [5, 5.41) is 16.8. The van der Waals surface area contributed by atoms with Crippen LogP contribution in [0.5, 0.6) is 0 Å². The van der Waals surface area contributed by atoms with Crippen LogP contribution in [0.15, 0.2) is 81.2 Å². The number of likely N-dealkylation sites (N-methyl/N-ethyl adjacent to an activating group) is 1. The summed E-state index contributed by atoms with van der Waals surface area (Å²) in [4.78, 5) is 28.8. The van der Waals surface area contributed by atoms with E-state index in [2.05, 4.69) is 26.0 Å². The quantitative estimate of drug-likeness (QED) is 0.133. The lowest BCUT2D eigenvalue weighted by Crippen LogP contribution is -2.34. The molecule has 212 valence electrons. The molecule has 0 spiro atoms. The number of carbonyl (C=O) groups is 1. The van der Waals surface area contributed by atoms with E-state index < -0.39 is 20.9 Å². The number of ether oxygens (including phenoxy) is 1. The molecule has 1 aliphatic rings. The third-order valence-corrected chi connectivity index (χ3v) is 9.76. The van der Waals surface area contributed by atoms with Gasteiger partial charge in [-0.05, 0) is 73.0 Å². The molecule has 3 aromatic carbocycles. The number of non-ortho nitro benzene ring substituents is 1. The maximum absolute atomic E-state index is 13.7. The molecule has 1 saturated heterocycles. The van der Waals surface area contributed by atoms with E-state index in [1.165, 1.54) is 77.4 Å². The highest BCUT2D eigenvalue weighted by Gasteiger charge is 2.27. The molecule has 1 atom stereocenters. The molecule has 1 aromatic heterocycles. The summed E-state index contributed by atoms with van der Waals surface area (Å²) >= 11 is 4.70. The first-order chi connectivity index (χ1) is 19.6. The predicted octanol–water partition coefficient (Wildman–Crippen LogP) is 5.45. The van der Waals surface area contributed by atoms with Crippen molar-refractivity contribution in [2.75, 3.05) is 25.2 Å². The Hall–Kier alpha value is -3.56. The lowest BCUT2D eigenvalue weighted by atomic mass is 10.2. The zero-order valence-corrected chi connectivity index (χ0v) is 24.9. The maximum atomic E-state index is 13.7. The molecule has 2 heterocycles. The van der Waals surface area contributed by atoms with Crippen LogP contribution in [0, 0.1) is 10.1 Å². The first-order valence-electron chi connectivity index (χ1n) is 12.5. The fourth-order valence-corrected chi connectivity index (χ4v) is 6.89. The average Bonchev–Trinajstić information content (AvgIpc) is 3.63. The van der Waals surface area contributed by atoms with Gasteiger partial charge in [-0.15, -0.1) is 0 Å². The van der Waals surface area contributed by atoms with E-state index in [0.29, 0.717) is 22.8 Å². The Labute approximate surface area is 248 Å². The second-order valence-corrected chi connectivity index (χ2v) is 13.2. The fraction of sp³-hybridized carbons (Fsp3) is 0.222. The number of nitrogens with zero attached hydrogens (tertiary/aromatic N) is 5. The first kappa shape index (κ1) is 29.0. The van der Waals surface area contributed by atoms with Gasteiger partial charge >= 0.3 is 0 Å². The Morgan fingerprint density at radius 1 is 1.20 bits per heavy atom. The van der Waals surface area contributed by atoms with Crippen LogP contribution in [0.4, 0.5) is 10.8 Å². The van der Waals surface area contributed by atoms with Crippen LogP contribution < -0.4 is 5.01 Å². The number of thiazole rings is 1. The summed E-state index contributed by atoms with van der Waals surface area (Å²) in [6, 6.07) is 16.9. The standard InChI is InChI=1S/C27H24BrN5O6S2/c1-31(17-22-3-2-14-39-22)41(37,38)23-11-6-19(7-12-23)26(34)32(27-30-24-13-8-20(28)15-25(24)40-27)29-16-18-4-9-21(10-5-18)33(35)36/h4-13,15-16,22H,2-3,14,17H2,1H3/b29-16+. The summed E-state index contributed by atoms with van der Waals surface area (Å²) in [6.45, 7) is 0.881. The first-order valence-corrected chi connectivity index (χ1v) is 15.5. The summed E-state index contributed by atoms with van der Waals surface area (Å²) in [5.74, 6) is -0.530. The van der Waals surface area contributed by atoms with Gasteiger partial charge in [-0.1, -0.05) is 27.3 Å². The Morgan fingerprint density at radius 2 is 1.93 bits per heavy atom. The van der Waals surface area contributed by atoms with Crippen LogP contribution in [0.3, 0.4) is 0 Å². The van der Waals surface area contributed by atoms with Gasteiger partial charge in [0.15, 0.2) is 0 Å². The van der Waals surface area contributed by atoms with Gasteiger partial charge in [0.05, 0.1) is 32.4 Å². The van der Waals surface area contributed by atoms with E-state index in [9.17, 15) is 23.3 Å². The van der Waals surface area contributed by atoms with Crippen molar-refractivity contribution >= 4 is 70.4 Å². The van der Waals surface area contributed by atoms with Gasteiger partial charge in [0.2, 0.25) is 15.2 Å². The van der Waals surface area contributed by atoms with Gasteiger partial charge in [0, 0.05) is 42.4 Å². The van der Waals surface area contributed by atoms with Crippen molar-refractivity contribution < 1.29 is 22.9 Å². The molecule has 0 radical (unpaired) electrons. The van der Waals surface area contributed by atoms with Crippen LogP contribution >= 0.6 is 27.3 Å². The van der Waals surface area contributed by atoms with Crippen molar-refractivity contribution in [3.63, 3.8) is 0 Å². The molecule has 1 aliphatic heterocycles. The number of nitro benzene ring substituents is 1. The minimum absolute atomic E-state index is 0.0558. The molecule has 0 saturated carbocycles. The number of benzene rings is 3. The maximum Gasteiger partial charge on any atom is 0.280 e. The molecule has 0 N–H and O–H groups in total. The number of halogens is 1. The van der Waals surface area contributed by atoms with E-state index in [-0.39, 0.29) is 28.8 Å². The zero-order chi connectivity index (χ0) is 29.1. The number of anilines is 1. The van der Waals surface area contributed by atoms with E-state index in [4.69, 9.17) is 4.74 Å². The minimum Gasteiger partial charge on any atom is -0.377 e. The molecule has 14 heteroatoms. The van der Waals surface area contributed by atoms with Gasteiger partial charge in [-0.3, -0.25) is 14.9 Å². The Bertz CT molecular complexity index is 1720. The Morgan fingerprint density at radius 3 is 2.59 bits per heavy atom. The molecule has 4 aromatic rings. The predicted molar refractivity (Wildman–Crippen MR) is 160 cm³/mol. The van der Waals surface area contributed by atoms with Gasteiger partial charge in [0.25, 0.3) is 11.6 Å². The number of amides is 1. The Kier molecular flexibility index (Phi) is 8.56.